The van der Waals surface area contributed by atoms with Crippen LogP contribution in [0.4, 0.5) is 5.69 Å². The lowest BCUT2D eigenvalue weighted by atomic mass is 9.83. The average molecular weight is 295 g/mol. The van der Waals surface area contributed by atoms with E-state index in [0.717, 1.165) is 31.0 Å². The molecule has 1 unspecified atom stereocenters. The van der Waals surface area contributed by atoms with Gasteiger partial charge in [-0.05, 0) is 48.8 Å². The molecule has 0 aliphatic carbocycles. The molecular weight excluding hydrogens is 268 g/mol. The Morgan fingerprint density at radius 1 is 1.40 bits per heavy atom. The van der Waals surface area contributed by atoms with E-state index in [-0.39, 0.29) is 6.04 Å². The normalized spacial score (nSPS) is 19.9. The lowest BCUT2D eigenvalue weighted by Gasteiger charge is -2.40. The minimum absolute atomic E-state index is 0.187. The highest BCUT2D eigenvalue weighted by Crippen LogP contribution is 2.35. The molecule has 0 aromatic heterocycles. The zero-order chi connectivity index (χ0) is 14.8. The van der Waals surface area contributed by atoms with Crippen LogP contribution in [-0.4, -0.2) is 19.1 Å². The Bertz CT molecular complexity index is 456. The Morgan fingerprint density at radius 3 is 2.80 bits per heavy atom. The van der Waals surface area contributed by atoms with Gasteiger partial charge < -0.3 is 10.6 Å². The van der Waals surface area contributed by atoms with Gasteiger partial charge in [-0.2, -0.15) is 0 Å². The van der Waals surface area contributed by atoms with Crippen molar-refractivity contribution in [1.82, 2.24) is 0 Å². The van der Waals surface area contributed by atoms with Gasteiger partial charge in [0, 0.05) is 29.8 Å². The van der Waals surface area contributed by atoms with Crippen LogP contribution in [0.15, 0.2) is 18.2 Å². The highest BCUT2D eigenvalue weighted by Gasteiger charge is 2.28. The summed E-state index contributed by atoms with van der Waals surface area (Å²) in [5.74, 6) is 0. The minimum atomic E-state index is 0.187. The van der Waals surface area contributed by atoms with Crippen molar-refractivity contribution in [3.63, 3.8) is 0 Å². The standard InChI is InChI=1S/C17H27ClN2/c1-4-13(19)11-14-15(18)7-5-8-16(14)20-10-6-9-17(2,3)12-20/h5,7-8,13H,4,6,9-12,19H2,1-3H3. The summed E-state index contributed by atoms with van der Waals surface area (Å²) in [6.07, 6.45) is 4.39. The molecule has 0 spiro atoms. The molecule has 2 N–H and O–H groups in total. The number of halogens is 1. The van der Waals surface area contributed by atoms with E-state index in [9.17, 15) is 0 Å². The van der Waals surface area contributed by atoms with Gasteiger partial charge in [-0.15, -0.1) is 0 Å². The first kappa shape index (κ1) is 15.7. The van der Waals surface area contributed by atoms with Crippen LogP contribution in [0.5, 0.6) is 0 Å². The van der Waals surface area contributed by atoms with Gasteiger partial charge in [0.25, 0.3) is 0 Å². The number of nitrogens with zero attached hydrogens (tertiary/aromatic N) is 1. The third-order valence-corrected chi connectivity index (χ3v) is 4.68. The molecule has 112 valence electrons. The first-order valence-electron chi connectivity index (χ1n) is 7.71. The van der Waals surface area contributed by atoms with E-state index >= 15 is 0 Å². The van der Waals surface area contributed by atoms with E-state index in [0.29, 0.717) is 5.41 Å². The summed E-state index contributed by atoms with van der Waals surface area (Å²) in [4.78, 5) is 2.49. The van der Waals surface area contributed by atoms with Crippen molar-refractivity contribution >= 4 is 17.3 Å². The van der Waals surface area contributed by atoms with Crippen LogP contribution >= 0.6 is 11.6 Å². The minimum Gasteiger partial charge on any atom is -0.371 e. The quantitative estimate of drug-likeness (QED) is 0.899. The smallest absolute Gasteiger partial charge is 0.0459 e. The summed E-state index contributed by atoms with van der Waals surface area (Å²) in [5.41, 5.74) is 9.04. The van der Waals surface area contributed by atoms with Crippen LogP contribution < -0.4 is 10.6 Å². The number of nitrogens with two attached hydrogens (primary N) is 1. The maximum Gasteiger partial charge on any atom is 0.0459 e. The second kappa shape index (κ2) is 6.36. The summed E-state index contributed by atoms with van der Waals surface area (Å²) in [6.45, 7) is 9.05. The molecule has 1 aliphatic rings. The topological polar surface area (TPSA) is 29.3 Å². The maximum atomic E-state index is 6.44. The van der Waals surface area contributed by atoms with Gasteiger partial charge >= 0.3 is 0 Å². The van der Waals surface area contributed by atoms with Gasteiger partial charge in [0.15, 0.2) is 0 Å². The predicted molar refractivity (Wildman–Crippen MR) is 88.7 cm³/mol. The van der Waals surface area contributed by atoms with Crippen LogP contribution in [0.3, 0.4) is 0 Å². The van der Waals surface area contributed by atoms with Gasteiger partial charge in [0.1, 0.15) is 0 Å². The maximum absolute atomic E-state index is 6.44. The van der Waals surface area contributed by atoms with Crippen LogP contribution in [0, 0.1) is 5.41 Å². The molecule has 1 saturated heterocycles. The highest BCUT2D eigenvalue weighted by molar-refractivity contribution is 6.31. The Labute approximate surface area is 128 Å². The molecule has 0 amide bonds. The van der Waals surface area contributed by atoms with Gasteiger partial charge in [0.2, 0.25) is 0 Å². The fourth-order valence-electron chi connectivity index (χ4n) is 3.08. The van der Waals surface area contributed by atoms with Crippen molar-refractivity contribution in [2.24, 2.45) is 11.1 Å². The zero-order valence-corrected chi connectivity index (χ0v) is 13.7. The second-order valence-corrected chi connectivity index (χ2v) is 7.21. The lowest BCUT2D eigenvalue weighted by molar-refractivity contribution is 0.293. The Kier molecular flexibility index (Phi) is 4.98. The average Bonchev–Trinajstić information content (AvgIpc) is 2.39. The number of hydrogen-bond donors (Lipinski definition) is 1. The third kappa shape index (κ3) is 3.67. The molecule has 3 heteroatoms. The van der Waals surface area contributed by atoms with Crippen LogP contribution in [0.25, 0.3) is 0 Å². The van der Waals surface area contributed by atoms with Gasteiger partial charge in [-0.3, -0.25) is 0 Å². The van der Waals surface area contributed by atoms with Crippen molar-refractivity contribution < 1.29 is 0 Å². The molecule has 0 radical (unpaired) electrons. The number of piperidine rings is 1. The molecule has 1 fully saturated rings. The first-order chi connectivity index (χ1) is 9.43. The summed E-state index contributed by atoms with van der Waals surface area (Å²) in [6, 6.07) is 6.43. The summed E-state index contributed by atoms with van der Waals surface area (Å²) in [5, 5.41) is 0.856. The number of anilines is 1. The Balaban J connectivity index is 2.28. The molecule has 2 rings (SSSR count). The molecule has 0 saturated carbocycles. The fraction of sp³-hybridized carbons (Fsp3) is 0.647. The van der Waals surface area contributed by atoms with E-state index in [1.165, 1.54) is 24.1 Å². The van der Waals surface area contributed by atoms with Crippen LogP contribution in [0.2, 0.25) is 5.02 Å². The largest absolute Gasteiger partial charge is 0.371 e. The molecule has 0 bridgehead atoms. The Hall–Kier alpha value is -0.730. The van der Waals surface area contributed by atoms with Crippen molar-refractivity contribution in [2.45, 2.75) is 52.5 Å². The third-order valence-electron chi connectivity index (χ3n) is 4.33. The first-order valence-corrected chi connectivity index (χ1v) is 8.08. The van der Waals surface area contributed by atoms with E-state index < -0.39 is 0 Å². The molecular formula is C17H27ClN2. The number of benzene rings is 1. The van der Waals surface area contributed by atoms with Gasteiger partial charge in [0.05, 0.1) is 0 Å². The van der Waals surface area contributed by atoms with E-state index in [2.05, 4.69) is 37.8 Å². The number of hydrogen-bond acceptors (Lipinski definition) is 2. The summed E-state index contributed by atoms with van der Waals surface area (Å²) in [7, 11) is 0. The second-order valence-electron chi connectivity index (χ2n) is 6.80. The summed E-state index contributed by atoms with van der Waals surface area (Å²) >= 11 is 6.44. The monoisotopic (exact) mass is 294 g/mol. The van der Waals surface area contributed by atoms with Crippen molar-refractivity contribution in [3.05, 3.63) is 28.8 Å². The number of rotatable bonds is 4. The van der Waals surface area contributed by atoms with Crippen LogP contribution in [-0.2, 0) is 6.42 Å². The zero-order valence-electron chi connectivity index (χ0n) is 13.0. The molecule has 1 aromatic rings. The summed E-state index contributed by atoms with van der Waals surface area (Å²) < 4.78 is 0. The van der Waals surface area contributed by atoms with Crippen LogP contribution in [0.1, 0.15) is 45.6 Å². The van der Waals surface area contributed by atoms with Gasteiger partial charge in [-0.1, -0.05) is 38.4 Å². The molecule has 2 nitrogen and oxygen atoms in total. The van der Waals surface area contributed by atoms with E-state index in [4.69, 9.17) is 17.3 Å². The van der Waals surface area contributed by atoms with E-state index in [1.807, 2.05) is 6.07 Å². The predicted octanol–water partition coefficient (Wildman–Crippen LogP) is 4.25. The highest BCUT2D eigenvalue weighted by atomic mass is 35.5. The van der Waals surface area contributed by atoms with Crippen molar-refractivity contribution in [1.29, 1.82) is 0 Å². The molecule has 1 aromatic carbocycles. The molecule has 20 heavy (non-hydrogen) atoms. The van der Waals surface area contributed by atoms with E-state index in [1.54, 1.807) is 0 Å². The fourth-order valence-corrected chi connectivity index (χ4v) is 3.33. The lowest BCUT2D eigenvalue weighted by Crippen LogP contribution is -2.40. The SMILES string of the molecule is CCC(N)Cc1c(Cl)cccc1N1CCCC(C)(C)C1. The van der Waals surface area contributed by atoms with Gasteiger partial charge in [-0.25, -0.2) is 0 Å². The van der Waals surface area contributed by atoms with Crippen molar-refractivity contribution in [2.75, 3.05) is 18.0 Å². The van der Waals surface area contributed by atoms with Crippen molar-refractivity contribution in [3.8, 4) is 0 Å². The molecule has 1 heterocycles. The Morgan fingerprint density at radius 2 is 2.15 bits per heavy atom. The molecule has 1 aliphatic heterocycles. The molecule has 1 atom stereocenters.